The molecule has 1 saturated heterocycles. The number of amides is 1. The predicted octanol–water partition coefficient (Wildman–Crippen LogP) is 1.39. The van der Waals surface area contributed by atoms with Gasteiger partial charge in [-0.2, -0.15) is 0 Å². The van der Waals surface area contributed by atoms with Gasteiger partial charge in [0, 0.05) is 12.8 Å². The van der Waals surface area contributed by atoms with Crippen molar-refractivity contribution in [2.24, 2.45) is 5.92 Å². The molecule has 0 aromatic heterocycles. The van der Waals surface area contributed by atoms with Gasteiger partial charge in [-0.25, -0.2) is 8.42 Å². The number of carbonyl (C=O) groups excluding carboxylic acids is 1. The van der Waals surface area contributed by atoms with Crippen LogP contribution in [0, 0.1) is 5.92 Å². The molecular formula is C14H28N2O3S. The van der Waals surface area contributed by atoms with Crippen LogP contribution < -0.4 is 5.32 Å². The Bertz CT molecular complexity index is 459. The average molecular weight is 304 g/mol. The monoisotopic (exact) mass is 304 g/mol. The third-order valence-electron chi connectivity index (χ3n) is 4.45. The Balaban J connectivity index is 2.96. The summed E-state index contributed by atoms with van der Waals surface area (Å²) in [6.45, 7) is 9.71. The minimum Gasteiger partial charge on any atom is -0.324 e. The number of sulfone groups is 1. The van der Waals surface area contributed by atoms with E-state index in [1.807, 2.05) is 13.8 Å². The van der Waals surface area contributed by atoms with Crippen LogP contribution in [0.3, 0.4) is 0 Å². The first-order valence-electron chi connectivity index (χ1n) is 7.31. The van der Waals surface area contributed by atoms with Crippen LogP contribution in [-0.4, -0.2) is 49.0 Å². The third-order valence-corrected chi connectivity index (χ3v) is 6.59. The van der Waals surface area contributed by atoms with Crippen molar-refractivity contribution >= 4 is 15.7 Å². The number of hydrogen-bond donors (Lipinski definition) is 1. The Morgan fingerprint density at radius 3 is 2.30 bits per heavy atom. The summed E-state index contributed by atoms with van der Waals surface area (Å²) >= 11 is 0. The highest BCUT2D eigenvalue weighted by Crippen LogP contribution is 2.25. The summed E-state index contributed by atoms with van der Waals surface area (Å²) in [5, 5.41) is 3.35. The fourth-order valence-corrected chi connectivity index (χ4v) is 2.77. The molecule has 3 atom stereocenters. The molecule has 1 aliphatic heterocycles. The molecule has 1 rings (SSSR count). The molecule has 1 heterocycles. The molecule has 6 heteroatoms. The SMILES string of the molecule is CCC(C)C1NC(CC)N(CC(C)(C)S(C)(=O)=O)C1=O. The molecule has 0 saturated carbocycles. The van der Waals surface area contributed by atoms with E-state index >= 15 is 0 Å². The summed E-state index contributed by atoms with van der Waals surface area (Å²) in [5.41, 5.74) is 0. The van der Waals surface area contributed by atoms with Gasteiger partial charge in [0.15, 0.2) is 9.84 Å². The maximum Gasteiger partial charge on any atom is 0.241 e. The molecule has 118 valence electrons. The van der Waals surface area contributed by atoms with E-state index in [1.165, 1.54) is 6.26 Å². The number of nitrogens with one attached hydrogen (secondary N) is 1. The molecule has 1 N–H and O–H groups in total. The quantitative estimate of drug-likeness (QED) is 0.805. The maximum absolute atomic E-state index is 12.5. The van der Waals surface area contributed by atoms with Crippen LogP contribution in [0.2, 0.25) is 0 Å². The molecule has 0 bridgehead atoms. The maximum atomic E-state index is 12.5. The van der Waals surface area contributed by atoms with Crippen molar-refractivity contribution in [1.29, 1.82) is 0 Å². The van der Waals surface area contributed by atoms with Crippen LogP contribution in [0.15, 0.2) is 0 Å². The third kappa shape index (κ3) is 3.34. The molecule has 5 nitrogen and oxygen atoms in total. The van der Waals surface area contributed by atoms with Crippen molar-refractivity contribution in [1.82, 2.24) is 10.2 Å². The van der Waals surface area contributed by atoms with Crippen molar-refractivity contribution < 1.29 is 13.2 Å². The second-order valence-electron chi connectivity index (χ2n) is 6.45. The average Bonchev–Trinajstić information content (AvgIpc) is 2.64. The van der Waals surface area contributed by atoms with E-state index in [2.05, 4.69) is 12.2 Å². The number of rotatable bonds is 6. The second kappa shape index (κ2) is 6.02. The fourth-order valence-electron chi connectivity index (χ4n) is 2.40. The fraction of sp³-hybridized carbons (Fsp3) is 0.929. The largest absolute Gasteiger partial charge is 0.324 e. The van der Waals surface area contributed by atoms with Gasteiger partial charge in [0.2, 0.25) is 5.91 Å². The van der Waals surface area contributed by atoms with Crippen molar-refractivity contribution in [2.75, 3.05) is 12.8 Å². The van der Waals surface area contributed by atoms with Gasteiger partial charge in [0.05, 0.1) is 17.0 Å². The lowest BCUT2D eigenvalue weighted by atomic mass is 9.99. The lowest BCUT2D eigenvalue weighted by Gasteiger charge is -2.31. The molecule has 1 fully saturated rings. The zero-order valence-electron chi connectivity index (χ0n) is 13.4. The predicted molar refractivity (Wildman–Crippen MR) is 81.1 cm³/mol. The van der Waals surface area contributed by atoms with Crippen LogP contribution >= 0.6 is 0 Å². The van der Waals surface area contributed by atoms with E-state index in [-0.39, 0.29) is 30.6 Å². The van der Waals surface area contributed by atoms with Crippen LogP contribution in [0.5, 0.6) is 0 Å². The van der Waals surface area contributed by atoms with E-state index < -0.39 is 14.6 Å². The van der Waals surface area contributed by atoms with E-state index in [0.717, 1.165) is 12.8 Å². The van der Waals surface area contributed by atoms with Crippen LogP contribution in [-0.2, 0) is 14.6 Å². The van der Waals surface area contributed by atoms with Gasteiger partial charge in [0.25, 0.3) is 0 Å². The number of nitrogens with zero attached hydrogens (tertiary/aromatic N) is 1. The zero-order valence-corrected chi connectivity index (χ0v) is 14.3. The van der Waals surface area contributed by atoms with Gasteiger partial charge in [-0.3, -0.25) is 10.1 Å². The van der Waals surface area contributed by atoms with Gasteiger partial charge in [-0.15, -0.1) is 0 Å². The van der Waals surface area contributed by atoms with E-state index in [0.29, 0.717) is 0 Å². The normalized spacial score (nSPS) is 26.1. The standard InChI is InChI=1S/C14H28N2O3S/c1-7-10(3)12-13(17)16(11(8-2)15-12)9-14(4,5)20(6,18)19/h10-12,15H,7-9H2,1-6H3. The first-order valence-corrected chi connectivity index (χ1v) is 9.20. The van der Waals surface area contributed by atoms with Crippen molar-refractivity contribution in [3.8, 4) is 0 Å². The molecule has 0 aromatic rings. The lowest BCUT2D eigenvalue weighted by Crippen LogP contribution is -2.48. The van der Waals surface area contributed by atoms with Gasteiger partial charge in [-0.1, -0.05) is 27.2 Å². The molecule has 0 aromatic carbocycles. The minimum absolute atomic E-state index is 0.0305. The van der Waals surface area contributed by atoms with Gasteiger partial charge in [0.1, 0.15) is 0 Å². The Labute approximate surface area is 123 Å². The molecular weight excluding hydrogens is 276 g/mol. The topological polar surface area (TPSA) is 66.5 Å². The number of carbonyl (C=O) groups is 1. The van der Waals surface area contributed by atoms with Crippen molar-refractivity contribution in [3.05, 3.63) is 0 Å². The van der Waals surface area contributed by atoms with Crippen molar-refractivity contribution in [3.63, 3.8) is 0 Å². The summed E-state index contributed by atoms with van der Waals surface area (Å²) in [6, 6.07) is -0.194. The van der Waals surface area contributed by atoms with Gasteiger partial charge in [-0.05, 0) is 26.2 Å². The molecule has 1 aliphatic rings. The highest BCUT2D eigenvalue weighted by molar-refractivity contribution is 7.92. The van der Waals surface area contributed by atoms with Gasteiger partial charge < -0.3 is 4.90 Å². The molecule has 0 aliphatic carbocycles. The van der Waals surface area contributed by atoms with E-state index in [9.17, 15) is 13.2 Å². The Hall–Kier alpha value is -0.620. The van der Waals surface area contributed by atoms with Crippen molar-refractivity contribution in [2.45, 2.75) is 64.4 Å². The molecule has 0 radical (unpaired) electrons. The number of hydrogen-bond acceptors (Lipinski definition) is 4. The minimum atomic E-state index is -3.21. The van der Waals surface area contributed by atoms with E-state index in [1.54, 1.807) is 18.7 Å². The first kappa shape index (κ1) is 17.4. The summed E-state index contributed by atoms with van der Waals surface area (Å²) in [7, 11) is -3.21. The molecule has 1 amide bonds. The van der Waals surface area contributed by atoms with Crippen LogP contribution in [0.25, 0.3) is 0 Å². The van der Waals surface area contributed by atoms with Crippen LogP contribution in [0.1, 0.15) is 47.5 Å². The highest BCUT2D eigenvalue weighted by atomic mass is 32.2. The Kier molecular flexibility index (Phi) is 5.24. The molecule has 3 unspecified atom stereocenters. The molecule has 0 spiro atoms. The van der Waals surface area contributed by atoms with Crippen LogP contribution in [0.4, 0.5) is 0 Å². The smallest absolute Gasteiger partial charge is 0.241 e. The molecule has 20 heavy (non-hydrogen) atoms. The van der Waals surface area contributed by atoms with Gasteiger partial charge >= 0.3 is 0 Å². The highest BCUT2D eigenvalue weighted by Gasteiger charge is 2.44. The zero-order chi connectivity index (χ0) is 15.7. The summed E-state index contributed by atoms with van der Waals surface area (Å²) in [6.07, 6.45) is 2.86. The second-order valence-corrected chi connectivity index (χ2v) is 9.10. The summed E-state index contributed by atoms with van der Waals surface area (Å²) in [4.78, 5) is 14.3. The summed E-state index contributed by atoms with van der Waals surface area (Å²) < 4.78 is 22.8. The summed E-state index contributed by atoms with van der Waals surface area (Å²) in [5.74, 6) is 0.283. The Morgan fingerprint density at radius 2 is 1.90 bits per heavy atom. The Morgan fingerprint density at radius 1 is 1.35 bits per heavy atom. The first-order chi connectivity index (χ1) is 9.05. The lowest BCUT2D eigenvalue weighted by molar-refractivity contribution is -0.131. The van der Waals surface area contributed by atoms with E-state index in [4.69, 9.17) is 0 Å².